The van der Waals surface area contributed by atoms with E-state index in [9.17, 15) is 0 Å². The first-order chi connectivity index (χ1) is 8.60. The van der Waals surface area contributed by atoms with Gasteiger partial charge in [0.05, 0.1) is 11.4 Å². The average molecular weight is 245 g/mol. The van der Waals surface area contributed by atoms with Gasteiger partial charge in [0.15, 0.2) is 0 Å². The van der Waals surface area contributed by atoms with Crippen molar-refractivity contribution in [3.63, 3.8) is 0 Å². The molecule has 1 heterocycles. The van der Waals surface area contributed by atoms with Gasteiger partial charge in [-0.1, -0.05) is 6.07 Å². The Morgan fingerprint density at radius 1 is 1.28 bits per heavy atom. The van der Waals surface area contributed by atoms with Crippen molar-refractivity contribution in [1.82, 2.24) is 9.78 Å². The molecule has 1 aromatic carbocycles. The van der Waals surface area contributed by atoms with Crippen LogP contribution in [0.1, 0.15) is 23.9 Å². The van der Waals surface area contributed by atoms with E-state index >= 15 is 0 Å². The normalized spacial score (nSPS) is 10.6. The molecule has 0 bridgehead atoms. The first kappa shape index (κ1) is 12.5. The van der Waals surface area contributed by atoms with Crippen LogP contribution in [-0.2, 0) is 13.2 Å². The van der Waals surface area contributed by atoms with E-state index in [4.69, 9.17) is 10.5 Å². The van der Waals surface area contributed by atoms with Crippen molar-refractivity contribution < 1.29 is 4.74 Å². The van der Waals surface area contributed by atoms with E-state index in [1.807, 2.05) is 42.8 Å². The SMILES string of the molecule is CCn1nc(C)cc1COc1cc(N)ccc1C. The van der Waals surface area contributed by atoms with Crippen molar-refractivity contribution in [2.24, 2.45) is 0 Å². The third-order valence-electron chi connectivity index (χ3n) is 2.87. The van der Waals surface area contributed by atoms with Gasteiger partial charge in [-0.3, -0.25) is 4.68 Å². The molecule has 0 saturated carbocycles. The number of ether oxygens (including phenoxy) is 1. The molecular formula is C14H19N3O. The van der Waals surface area contributed by atoms with Crippen molar-refractivity contribution >= 4 is 5.69 Å². The number of hydrogen-bond donors (Lipinski definition) is 1. The molecule has 18 heavy (non-hydrogen) atoms. The van der Waals surface area contributed by atoms with E-state index in [2.05, 4.69) is 12.0 Å². The second-order valence-electron chi connectivity index (χ2n) is 4.41. The lowest BCUT2D eigenvalue weighted by Crippen LogP contribution is -2.06. The Morgan fingerprint density at radius 3 is 2.78 bits per heavy atom. The standard InChI is InChI=1S/C14H19N3O/c1-4-17-13(7-11(3)16-17)9-18-14-8-12(15)6-5-10(14)2/h5-8H,4,9,15H2,1-3H3. The van der Waals surface area contributed by atoms with Crippen molar-refractivity contribution in [1.29, 1.82) is 0 Å². The van der Waals surface area contributed by atoms with Gasteiger partial charge < -0.3 is 10.5 Å². The van der Waals surface area contributed by atoms with Gasteiger partial charge in [0.1, 0.15) is 12.4 Å². The van der Waals surface area contributed by atoms with Crippen LogP contribution in [0.3, 0.4) is 0 Å². The first-order valence-electron chi connectivity index (χ1n) is 6.12. The zero-order valence-electron chi connectivity index (χ0n) is 11.1. The topological polar surface area (TPSA) is 53.1 Å². The Balaban J connectivity index is 2.13. The predicted octanol–water partition coefficient (Wildman–Crippen LogP) is 2.68. The highest BCUT2D eigenvalue weighted by Gasteiger charge is 2.06. The van der Waals surface area contributed by atoms with Gasteiger partial charge in [0.25, 0.3) is 0 Å². The van der Waals surface area contributed by atoms with Crippen LogP contribution in [0.2, 0.25) is 0 Å². The fourth-order valence-electron chi connectivity index (χ4n) is 1.91. The lowest BCUT2D eigenvalue weighted by molar-refractivity contribution is 0.290. The molecule has 4 nitrogen and oxygen atoms in total. The minimum Gasteiger partial charge on any atom is -0.487 e. The fraction of sp³-hybridized carbons (Fsp3) is 0.357. The fourth-order valence-corrected chi connectivity index (χ4v) is 1.91. The highest BCUT2D eigenvalue weighted by Crippen LogP contribution is 2.22. The van der Waals surface area contributed by atoms with E-state index in [0.717, 1.165) is 34.9 Å². The summed E-state index contributed by atoms with van der Waals surface area (Å²) in [6, 6.07) is 7.75. The van der Waals surface area contributed by atoms with Crippen LogP contribution in [0.15, 0.2) is 24.3 Å². The molecule has 0 saturated heterocycles. The number of aryl methyl sites for hydroxylation is 3. The quantitative estimate of drug-likeness (QED) is 0.842. The van der Waals surface area contributed by atoms with Crippen molar-refractivity contribution in [3.8, 4) is 5.75 Å². The average Bonchev–Trinajstić information content (AvgIpc) is 2.71. The minimum absolute atomic E-state index is 0.513. The summed E-state index contributed by atoms with van der Waals surface area (Å²) in [7, 11) is 0. The van der Waals surface area contributed by atoms with E-state index < -0.39 is 0 Å². The van der Waals surface area contributed by atoms with Gasteiger partial charge in [0.2, 0.25) is 0 Å². The zero-order chi connectivity index (χ0) is 13.1. The van der Waals surface area contributed by atoms with Crippen LogP contribution < -0.4 is 10.5 Å². The largest absolute Gasteiger partial charge is 0.487 e. The lowest BCUT2D eigenvalue weighted by Gasteiger charge is -2.10. The molecule has 0 aliphatic rings. The molecule has 4 heteroatoms. The second kappa shape index (κ2) is 5.12. The number of aromatic nitrogens is 2. The molecule has 0 spiro atoms. The summed E-state index contributed by atoms with van der Waals surface area (Å²) in [6.07, 6.45) is 0. The summed E-state index contributed by atoms with van der Waals surface area (Å²) in [5, 5.41) is 4.39. The molecular weight excluding hydrogens is 226 g/mol. The van der Waals surface area contributed by atoms with Gasteiger partial charge in [-0.15, -0.1) is 0 Å². The second-order valence-corrected chi connectivity index (χ2v) is 4.41. The van der Waals surface area contributed by atoms with Gasteiger partial charge in [-0.2, -0.15) is 5.10 Å². The summed E-state index contributed by atoms with van der Waals surface area (Å²) in [6.45, 7) is 7.43. The Kier molecular flexibility index (Phi) is 3.55. The molecule has 0 aliphatic carbocycles. The van der Waals surface area contributed by atoms with E-state index in [1.54, 1.807) is 0 Å². The van der Waals surface area contributed by atoms with Crippen LogP contribution in [0, 0.1) is 13.8 Å². The van der Waals surface area contributed by atoms with Crippen LogP contribution in [0.25, 0.3) is 0 Å². The summed E-state index contributed by atoms with van der Waals surface area (Å²) in [5.74, 6) is 0.830. The molecule has 2 aromatic rings. The minimum atomic E-state index is 0.513. The molecule has 0 unspecified atom stereocenters. The maximum absolute atomic E-state index is 5.82. The van der Waals surface area contributed by atoms with Crippen LogP contribution in [0.5, 0.6) is 5.75 Å². The van der Waals surface area contributed by atoms with E-state index in [-0.39, 0.29) is 0 Å². The predicted molar refractivity (Wildman–Crippen MR) is 72.6 cm³/mol. The van der Waals surface area contributed by atoms with Gasteiger partial charge >= 0.3 is 0 Å². The maximum Gasteiger partial charge on any atom is 0.130 e. The third-order valence-corrected chi connectivity index (χ3v) is 2.87. The molecule has 0 amide bonds. The number of nitrogens with zero attached hydrogens (tertiary/aromatic N) is 2. The monoisotopic (exact) mass is 245 g/mol. The van der Waals surface area contributed by atoms with Crippen LogP contribution >= 0.6 is 0 Å². The number of hydrogen-bond acceptors (Lipinski definition) is 3. The number of nitrogen functional groups attached to an aromatic ring is 1. The molecule has 0 fully saturated rings. The molecule has 2 rings (SSSR count). The van der Waals surface area contributed by atoms with Crippen molar-refractivity contribution in [2.75, 3.05) is 5.73 Å². The van der Waals surface area contributed by atoms with Gasteiger partial charge in [-0.05, 0) is 38.5 Å². The lowest BCUT2D eigenvalue weighted by atomic mass is 10.2. The molecule has 0 radical (unpaired) electrons. The number of anilines is 1. The first-order valence-corrected chi connectivity index (χ1v) is 6.12. The summed E-state index contributed by atoms with van der Waals surface area (Å²) in [5.41, 5.74) is 9.66. The third kappa shape index (κ3) is 2.64. The number of nitrogens with two attached hydrogens (primary N) is 1. The van der Waals surface area contributed by atoms with Crippen molar-refractivity contribution in [3.05, 3.63) is 41.2 Å². The smallest absolute Gasteiger partial charge is 0.130 e. The van der Waals surface area contributed by atoms with Crippen LogP contribution in [-0.4, -0.2) is 9.78 Å². The number of rotatable bonds is 4. The highest BCUT2D eigenvalue weighted by molar-refractivity contribution is 5.47. The molecule has 96 valence electrons. The highest BCUT2D eigenvalue weighted by atomic mass is 16.5. The van der Waals surface area contributed by atoms with E-state index in [0.29, 0.717) is 6.61 Å². The van der Waals surface area contributed by atoms with Gasteiger partial charge in [0, 0.05) is 18.3 Å². The molecule has 0 aliphatic heterocycles. The Bertz CT molecular complexity index is 546. The van der Waals surface area contributed by atoms with Gasteiger partial charge in [-0.25, -0.2) is 0 Å². The Hall–Kier alpha value is -1.97. The summed E-state index contributed by atoms with van der Waals surface area (Å²) >= 11 is 0. The molecule has 1 aromatic heterocycles. The van der Waals surface area contributed by atoms with Crippen molar-refractivity contribution in [2.45, 2.75) is 33.9 Å². The Morgan fingerprint density at radius 2 is 2.06 bits per heavy atom. The maximum atomic E-state index is 5.82. The summed E-state index contributed by atoms with van der Waals surface area (Å²) in [4.78, 5) is 0. The van der Waals surface area contributed by atoms with E-state index in [1.165, 1.54) is 0 Å². The zero-order valence-corrected chi connectivity index (χ0v) is 11.1. The molecule has 2 N–H and O–H groups in total. The van der Waals surface area contributed by atoms with Crippen LogP contribution in [0.4, 0.5) is 5.69 Å². The summed E-state index contributed by atoms with van der Waals surface area (Å²) < 4.78 is 7.77. The Labute approximate surface area is 107 Å². The molecule has 0 atom stereocenters. The number of benzene rings is 1.